The van der Waals surface area contributed by atoms with Gasteiger partial charge < -0.3 is 4.90 Å². The van der Waals surface area contributed by atoms with Crippen molar-refractivity contribution in [3.05, 3.63) is 34.3 Å². The van der Waals surface area contributed by atoms with Gasteiger partial charge in [0.1, 0.15) is 0 Å². The van der Waals surface area contributed by atoms with Crippen molar-refractivity contribution in [2.45, 2.75) is 37.6 Å². The smallest absolute Gasteiger partial charge is 0.0175 e. The summed E-state index contributed by atoms with van der Waals surface area (Å²) >= 11 is 5.65. The van der Waals surface area contributed by atoms with Gasteiger partial charge in [-0.1, -0.05) is 28.1 Å². The van der Waals surface area contributed by atoms with Crippen molar-refractivity contribution in [2.75, 3.05) is 24.6 Å². The van der Waals surface area contributed by atoms with E-state index in [1.165, 1.54) is 60.3 Å². The Kier molecular flexibility index (Phi) is 4.88. The molecule has 2 fully saturated rings. The summed E-state index contributed by atoms with van der Waals surface area (Å²) in [5.74, 6) is 3.52. The molecule has 0 aliphatic carbocycles. The Morgan fingerprint density at radius 1 is 0.947 bits per heavy atom. The van der Waals surface area contributed by atoms with Gasteiger partial charge in [-0.25, -0.2) is 0 Å². The fourth-order valence-electron chi connectivity index (χ4n) is 3.38. The Morgan fingerprint density at radius 3 is 2.21 bits per heavy atom. The lowest BCUT2D eigenvalue weighted by Gasteiger charge is -2.39. The van der Waals surface area contributed by atoms with E-state index in [4.69, 9.17) is 0 Å². The number of thioether (sulfide) groups is 1. The monoisotopic (exact) mass is 339 g/mol. The number of piperidine rings is 1. The Morgan fingerprint density at radius 2 is 1.58 bits per heavy atom. The van der Waals surface area contributed by atoms with E-state index in [9.17, 15) is 0 Å². The average Bonchev–Trinajstić information content (AvgIpc) is 2.49. The molecule has 0 radical (unpaired) electrons. The van der Waals surface area contributed by atoms with Crippen LogP contribution in [0.15, 0.2) is 28.7 Å². The van der Waals surface area contributed by atoms with Crippen molar-refractivity contribution < 1.29 is 0 Å². The molecule has 0 aromatic heterocycles. The maximum absolute atomic E-state index is 3.52. The lowest BCUT2D eigenvalue weighted by molar-refractivity contribution is 0.144. The van der Waals surface area contributed by atoms with Crippen molar-refractivity contribution in [1.82, 2.24) is 4.90 Å². The normalized spacial score (nSPS) is 23.6. The van der Waals surface area contributed by atoms with Crippen LogP contribution in [0.2, 0.25) is 0 Å². The van der Waals surface area contributed by atoms with Gasteiger partial charge in [0, 0.05) is 10.5 Å². The van der Waals surface area contributed by atoms with E-state index in [2.05, 4.69) is 56.9 Å². The number of likely N-dealkylation sites (tertiary alicyclic amines) is 1. The largest absolute Gasteiger partial charge is 0.300 e. The molecule has 3 heteroatoms. The molecule has 1 nitrogen and oxygen atoms in total. The second kappa shape index (κ2) is 6.64. The molecule has 3 rings (SSSR count). The number of hydrogen-bond donors (Lipinski definition) is 0. The lowest BCUT2D eigenvalue weighted by Crippen LogP contribution is -2.42. The van der Waals surface area contributed by atoms with Gasteiger partial charge in [-0.3, -0.25) is 0 Å². The van der Waals surface area contributed by atoms with Crippen LogP contribution in [0, 0.1) is 0 Å². The second-order valence-corrected chi connectivity index (χ2v) is 7.85. The average molecular weight is 340 g/mol. The molecule has 0 saturated carbocycles. The van der Waals surface area contributed by atoms with Crippen LogP contribution in [0.4, 0.5) is 0 Å². The summed E-state index contributed by atoms with van der Waals surface area (Å²) in [7, 11) is 0. The summed E-state index contributed by atoms with van der Waals surface area (Å²) in [5, 5.41) is 0. The first-order valence-corrected chi connectivity index (χ1v) is 9.35. The highest BCUT2D eigenvalue weighted by molar-refractivity contribution is 9.10. The molecule has 0 bridgehead atoms. The van der Waals surface area contributed by atoms with Crippen LogP contribution in [-0.2, 0) is 0 Å². The van der Waals surface area contributed by atoms with Gasteiger partial charge in [-0.05, 0) is 73.9 Å². The van der Waals surface area contributed by atoms with Gasteiger partial charge >= 0.3 is 0 Å². The van der Waals surface area contributed by atoms with Gasteiger partial charge in [-0.2, -0.15) is 11.8 Å². The SMILES string of the molecule is Brc1ccc(C2CCN(C3CCSCC3)CC2)cc1. The Labute approximate surface area is 129 Å². The van der Waals surface area contributed by atoms with E-state index in [0.717, 1.165) is 12.0 Å². The van der Waals surface area contributed by atoms with Gasteiger partial charge in [0.15, 0.2) is 0 Å². The van der Waals surface area contributed by atoms with Crippen LogP contribution in [0.25, 0.3) is 0 Å². The molecule has 2 saturated heterocycles. The molecule has 0 atom stereocenters. The highest BCUT2D eigenvalue weighted by Gasteiger charge is 2.26. The second-order valence-electron chi connectivity index (χ2n) is 5.71. The fourth-order valence-corrected chi connectivity index (χ4v) is 4.73. The minimum absolute atomic E-state index is 0.780. The van der Waals surface area contributed by atoms with Crippen molar-refractivity contribution in [2.24, 2.45) is 0 Å². The molecule has 19 heavy (non-hydrogen) atoms. The molecule has 0 unspecified atom stereocenters. The molecule has 2 aliphatic heterocycles. The van der Waals surface area contributed by atoms with Gasteiger partial charge in [-0.15, -0.1) is 0 Å². The first-order chi connectivity index (χ1) is 9.33. The predicted octanol–water partition coefficient (Wildman–Crippen LogP) is 4.52. The first kappa shape index (κ1) is 14.0. The third-order valence-electron chi connectivity index (χ3n) is 4.58. The first-order valence-electron chi connectivity index (χ1n) is 7.40. The molecular formula is C16H22BrNS. The zero-order valence-electron chi connectivity index (χ0n) is 11.4. The molecule has 0 N–H and O–H groups in total. The van der Waals surface area contributed by atoms with Crippen LogP contribution < -0.4 is 0 Å². The quantitative estimate of drug-likeness (QED) is 0.778. The van der Waals surface area contributed by atoms with E-state index >= 15 is 0 Å². The Bertz CT molecular complexity index is 392. The lowest BCUT2D eigenvalue weighted by atomic mass is 9.88. The summed E-state index contributed by atoms with van der Waals surface area (Å²) in [6.07, 6.45) is 5.50. The fraction of sp³-hybridized carbons (Fsp3) is 0.625. The number of rotatable bonds is 2. The molecule has 104 valence electrons. The minimum atomic E-state index is 0.780. The zero-order valence-corrected chi connectivity index (χ0v) is 13.8. The van der Waals surface area contributed by atoms with Crippen molar-refractivity contribution >= 4 is 27.7 Å². The standard InChI is InChI=1S/C16H22BrNS/c17-15-3-1-13(2-4-15)14-5-9-18(10-6-14)16-7-11-19-12-8-16/h1-4,14,16H,5-12H2. The van der Waals surface area contributed by atoms with Crippen molar-refractivity contribution in [3.8, 4) is 0 Å². The van der Waals surface area contributed by atoms with Crippen LogP contribution in [-0.4, -0.2) is 35.5 Å². The Hall–Kier alpha value is 0.01000. The molecule has 2 aliphatic rings. The van der Waals surface area contributed by atoms with Crippen LogP contribution in [0.1, 0.15) is 37.2 Å². The zero-order chi connectivity index (χ0) is 13.1. The number of halogens is 1. The van der Waals surface area contributed by atoms with Crippen molar-refractivity contribution in [3.63, 3.8) is 0 Å². The van der Waals surface area contributed by atoms with E-state index in [1.807, 2.05) is 0 Å². The molecule has 1 aromatic rings. The summed E-state index contributed by atoms with van der Waals surface area (Å²) in [5.41, 5.74) is 1.53. The molecular weight excluding hydrogens is 318 g/mol. The van der Waals surface area contributed by atoms with E-state index in [0.29, 0.717) is 0 Å². The van der Waals surface area contributed by atoms with Crippen LogP contribution >= 0.6 is 27.7 Å². The molecule has 2 heterocycles. The van der Waals surface area contributed by atoms with E-state index in [-0.39, 0.29) is 0 Å². The molecule has 1 aromatic carbocycles. The van der Waals surface area contributed by atoms with Gasteiger partial charge in [0.2, 0.25) is 0 Å². The van der Waals surface area contributed by atoms with Gasteiger partial charge in [0.25, 0.3) is 0 Å². The van der Waals surface area contributed by atoms with Crippen molar-refractivity contribution in [1.29, 1.82) is 0 Å². The summed E-state index contributed by atoms with van der Waals surface area (Å²) in [6.45, 7) is 2.60. The highest BCUT2D eigenvalue weighted by atomic mass is 79.9. The topological polar surface area (TPSA) is 3.24 Å². The minimum Gasteiger partial charge on any atom is -0.300 e. The highest BCUT2D eigenvalue weighted by Crippen LogP contribution is 2.32. The molecule has 0 spiro atoms. The third-order valence-corrected chi connectivity index (χ3v) is 6.16. The number of hydrogen-bond acceptors (Lipinski definition) is 2. The molecule has 0 amide bonds. The third kappa shape index (κ3) is 3.56. The maximum atomic E-state index is 3.52. The summed E-state index contributed by atoms with van der Waals surface area (Å²) in [6, 6.07) is 9.83. The van der Waals surface area contributed by atoms with Gasteiger partial charge in [0.05, 0.1) is 0 Å². The Balaban J connectivity index is 1.55. The number of benzene rings is 1. The number of nitrogens with zero attached hydrogens (tertiary/aromatic N) is 1. The summed E-state index contributed by atoms with van der Waals surface area (Å²) in [4.78, 5) is 2.76. The predicted molar refractivity (Wildman–Crippen MR) is 88.0 cm³/mol. The van der Waals surface area contributed by atoms with Crippen LogP contribution in [0.5, 0.6) is 0 Å². The van der Waals surface area contributed by atoms with E-state index in [1.54, 1.807) is 0 Å². The van der Waals surface area contributed by atoms with Crippen LogP contribution in [0.3, 0.4) is 0 Å². The van der Waals surface area contributed by atoms with E-state index < -0.39 is 0 Å². The maximum Gasteiger partial charge on any atom is 0.0175 e. The summed E-state index contributed by atoms with van der Waals surface area (Å²) < 4.78 is 1.19.